The van der Waals surface area contributed by atoms with Gasteiger partial charge in [-0.1, -0.05) is 34.1 Å². The first-order valence-electron chi connectivity index (χ1n) is 10.1. The fourth-order valence-electron chi connectivity index (χ4n) is 3.72. The maximum Gasteiger partial charge on any atom is 0.328 e. The van der Waals surface area contributed by atoms with Gasteiger partial charge in [0, 0.05) is 40.1 Å². The van der Waals surface area contributed by atoms with Crippen LogP contribution in [0.15, 0.2) is 68.7 Å². The zero-order chi connectivity index (χ0) is 22.1. The number of carbonyl (C=O) groups excluding carboxylic acids is 2. The molecule has 0 unspecified atom stereocenters. The van der Waals surface area contributed by atoms with Gasteiger partial charge in [0.15, 0.2) is 5.76 Å². The summed E-state index contributed by atoms with van der Waals surface area (Å²) in [5.41, 5.74) is 4.61. The second-order valence-corrected chi connectivity index (χ2v) is 8.26. The van der Waals surface area contributed by atoms with Crippen molar-refractivity contribution in [2.75, 3.05) is 26.3 Å². The van der Waals surface area contributed by atoms with E-state index in [-0.39, 0.29) is 11.8 Å². The first-order valence-corrected chi connectivity index (χ1v) is 10.9. The van der Waals surface area contributed by atoms with Crippen molar-refractivity contribution in [2.24, 2.45) is 5.10 Å². The lowest BCUT2D eigenvalue weighted by Gasteiger charge is -2.27. The lowest BCUT2D eigenvalue weighted by molar-refractivity contribution is 0.0538. The van der Waals surface area contributed by atoms with E-state index in [0.29, 0.717) is 31.9 Å². The summed E-state index contributed by atoms with van der Waals surface area (Å²) in [7, 11) is 0. The smallest absolute Gasteiger partial charge is 0.328 e. The maximum absolute atomic E-state index is 13.0. The van der Waals surface area contributed by atoms with Crippen LogP contribution in [-0.2, 0) is 4.74 Å². The molecule has 2 aromatic carbocycles. The highest BCUT2D eigenvalue weighted by Crippen LogP contribution is 2.24. The fraction of sp³-hybridized carbons (Fsp3) is 0.174. The molecule has 9 heteroatoms. The SMILES string of the molecule is O=C(NN=Cc1cn(C(=O)N2CCOCC2)c2ccccc12)c1cc2cc(Br)ccc2o1. The molecule has 162 valence electrons. The zero-order valence-corrected chi connectivity index (χ0v) is 18.5. The molecule has 0 radical (unpaired) electrons. The van der Waals surface area contributed by atoms with Crippen LogP contribution in [0, 0.1) is 0 Å². The summed E-state index contributed by atoms with van der Waals surface area (Å²) in [6.45, 7) is 2.17. The summed E-state index contributed by atoms with van der Waals surface area (Å²) >= 11 is 3.40. The van der Waals surface area contributed by atoms with E-state index in [4.69, 9.17) is 9.15 Å². The van der Waals surface area contributed by atoms with Crippen molar-refractivity contribution in [1.82, 2.24) is 14.9 Å². The lowest BCUT2D eigenvalue weighted by atomic mass is 10.2. The number of hydrogen-bond donors (Lipinski definition) is 1. The Morgan fingerprint density at radius 3 is 2.75 bits per heavy atom. The van der Waals surface area contributed by atoms with Crippen molar-refractivity contribution in [1.29, 1.82) is 0 Å². The van der Waals surface area contributed by atoms with E-state index in [0.717, 1.165) is 26.3 Å². The number of nitrogens with one attached hydrogen (secondary N) is 1. The number of nitrogens with zero attached hydrogens (tertiary/aromatic N) is 3. The van der Waals surface area contributed by atoms with E-state index < -0.39 is 5.91 Å². The lowest BCUT2D eigenvalue weighted by Crippen LogP contribution is -2.42. The summed E-state index contributed by atoms with van der Waals surface area (Å²) in [6, 6.07) is 14.6. The van der Waals surface area contributed by atoms with Gasteiger partial charge in [-0.3, -0.25) is 9.36 Å². The molecule has 3 heterocycles. The molecular weight excluding hydrogens is 476 g/mol. The number of hydrazone groups is 1. The van der Waals surface area contributed by atoms with Gasteiger partial charge in [-0.2, -0.15) is 5.10 Å². The minimum absolute atomic E-state index is 0.110. The Labute approximate surface area is 191 Å². The second kappa shape index (κ2) is 8.60. The summed E-state index contributed by atoms with van der Waals surface area (Å²) in [5.74, 6) is -0.290. The molecule has 1 saturated heterocycles. The molecule has 8 nitrogen and oxygen atoms in total. The maximum atomic E-state index is 13.0. The van der Waals surface area contributed by atoms with Crippen molar-refractivity contribution in [3.05, 3.63) is 70.5 Å². The summed E-state index contributed by atoms with van der Waals surface area (Å²) in [4.78, 5) is 27.2. The molecule has 32 heavy (non-hydrogen) atoms. The van der Waals surface area contributed by atoms with Gasteiger partial charge in [-0.15, -0.1) is 0 Å². The number of aromatic nitrogens is 1. The third-order valence-corrected chi connectivity index (χ3v) is 5.80. The van der Waals surface area contributed by atoms with Gasteiger partial charge < -0.3 is 14.1 Å². The van der Waals surface area contributed by atoms with Crippen molar-refractivity contribution < 1.29 is 18.7 Å². The average Bonchev–Trinajstić information content (AvgIpc) is 3.41. The second-order valence-electron chi connectivity index (χ2n) is 7.35. The number of morpholine rings is 1. The minimum Gasteiger partial charge on any atom is -0.451 e. The molecule has 4 aromatic rings. The van der Waals surface area contributed by atoms with Crippen LogP contribution in [0.25, 0.3) is 21.9 Å². The van der Waals surface area contributed by atoms with Crippen LogP contribution in [-0.4, -0.2) is 53.9 Å². The molecule has 1 fully saturated rings. The first kappa shape index (κ1) is 20.5. The quantitative estimate of drug-likeness (QED) is 0.341. The molecule has 5 rings (SSSR count). The number of amides is 2. The number of fused-ring (bicyclic) bond motifs is 2. The van der Waals surface area contributed by atoms with Crippen molar-refractivity contribution in [3.8, 4) is 0 Å². The Morgan fingerprint density at radius 1 is 1.09 bits per heavy atom. The molecule has 0 saturated carbocycles. The van der Waals surface area contributed by atoms with Gasteiger partial charge >= 0.3 is 11.9 Å². The van der Waals surface area contributed by atoms with Crippen LogP contribution in [0.3, 0.4) is 0 Å². The zero-order valence-electron chi connectivity index (χ0n) is 17.0. The van der Waals surface area contributed by atoms with E-state index in [1.807, 2.05) is 36.4 Å². The summed E-state index contributed by atoms with van der Waals surface area (Å²) in [6.07, 6.45) is 3.26. The van der Waals surface area contributed by atoms with Crippen LogP contribution in [0.2, 0.25) is 0 Å². The van der Waals surface area contributed by atoms with Crippen LogP contribution in [0.4, 0.5) is 4.79 Å². The average molecular weight is 495 g/mol. The molecule has 2 aromatic heterocycles. The Kier molecular flexibility index (Phi) is 5.50. The largest absolute Gasteiger partial charge is 0.451 e. The van der Waals surface area contributed by atoms with Crippen LogP contribution in [0.5, 0.6) is 0 Å². The van der Waals surface area contributed by atoms with E-state index in [1.165, 1.54) is 6.21 Å². The van der Waals surface area contributed by atoms with Crippen molar-refractivity contribution in [3.63, 3.8) is 0 Å². The van der Waals surface area contributed by atoms with Gasteiger partial charge in [0.2, 0.25) is 0 Å². The standard InChI is InChI=1S/C23H19BrN4O4/c24-17-5-6-20-15(11-17)12-21(32-20)22(29)26-25-13-16-14-28(19-4-2-1-3-18(16)19)23(30)27-7-9-31-10-8-27/h1-6,11-14H,7-10H2,(H,26,29). The molecule has 2 amide bonds. The highest BCUT2D eigenvalue weighted by atomic mass is 79.9. The van der Waals surface area contributed by atoms with E-state index in [1.54, 1.807) is 27.8 Å². The highest BCUT2D eigenvalue weighted by molar-refractivity contribution is 9.10. The summed E-state index contributed by atoms with van der Waals surface area (Å²) < 4.78 is 13.4. The van der Waals surface area contributed by atoms with Gasteiger partial charge in [-0.25, -0.2) is 10.2 Å². The third kappa shape index (κ3) is 3.92. The molecule has 1 N–H and O–H groups in total. The predicted octanol–water partition coefficient (Wildman–Crippen LogP) is 4.21. The van der Waals surface area contributed by atoms with Gasteiger partial charge in [0.1, 0.15) is 5.58 Å². The Bertz CT molecular complexity index is 1350. The van der Waals surface area contributed by atoms with Crippen LogP contribution >= 0.6 is 15.9 Å². The van der Waals surface area contributed by atoms with Crippen molar-refractivity contribution >= 4 is 56.0 Å². The Hall–Kier alpha value is -3.43. The van der Waals surface area contributed by atoms with E-state index >= 15 is 0 Å². The number of furan rings is 1. The Morgan fingerprint density at radius 2 is 1.91 bits per heavy atom. The number of carbonyl (C=O) groups is 2. The number of hydrogen-bond acceptors (Lipinski definition) is 5. The number of rotatable bonds is 3. The number of ether oxygens (including phenoxy) is 1. The molecule has 0 bridgehead atoms. The highest BCUT2D eigenvalue weighted by Gasteiger charge is 2.21. The van der Waals surface area contributed by atoms with Gasteiger partial charge in [-0.05, 0) is 30.3 Å². The molecule has 0 aliphatic carbocycles. The fourth-order valence-corrected chi connectivity index (χ4v) is 4.09. The normalized spacial score (nSPS) is 14.5. The van der Waals surface area contributed by atoms with Gasteiger partial charge in [0.05, 0.1) is 24.9 Å². The monoisotopic (exact) mass is 494 g/mol. The van der Waals surface area contributed by atoms with E-state index in [2.05, 4.69) is 26.5 Å². The van der Waals surface area contributed by atoms with Crippen molar-refractivity contribution in [2.45, 2.75) is 0 Å². The Balaban J connectivity index is 1.37. The van der Waals surface area contributed by atoms with Crippen LogP contribution < -0.4 is 5.43 Å². The minimum atomic E-state index is -0.457. The predicted molar refractivity (Wildman–Crippen MR) is 124 cm³/mol. The first-order chi connectivity index (χ1) is 15.6. The van der Waals surface area contributed by atoms with Gasteiger partial charge in [0.25, 0.3) is 0 Å². The van der Waals surface area contributed by atoms with Crippen LogP contribution in [0.1, 0.15) is 16.1 Å². The van der Waals surface area contributed by atoms with E-state index in [9.17, 15) is 9.59 Å². The molecule has 0 spiro atoms. The third-order valence-electron chi connectivity index (χ3n) is 5.30. The number of halogens is 1. The molecule has 1 aliphatic heterocycles. The summed E-state index contributed by atoms with van der Waals surface area (Å²) in [5, 5.41) is 5.77. The topological polar surface area (TPSA) is 89.1 Å². The molecular formula is C23H19BrN4O4. The number of para-hydroxylation sites is 1. The number of benzene rings is 2. The molecule has 1 aliphatic rings. The molecule has 0 atom stereocenters.